The van der Waals surface area contributed by atoms with Crippen molar-refractivity contribution in [2.45, 2.75) is 12.5 Å². The number of carbonyl (C=O) groups is 3. The molecule has 0 heterocycles. The zero-order valence-electron chi connectivity index (χ0n) is 10.3. The van der Waals surface area contributed by atoms with Crippen LogP contribution in [-0.4, -0.2) is 29.1 Å². The normalized spacial score (nSPS) is 11.6. The number of hydrogen-bond donors (Lipinski definition) is 4. The number of carboxylic acids is 1. The van der Waals surface area contributed by atoms with Gasteiger partial charge in [0, 0.05) is 4.47 Å². The van der Waals surface area contributed by atoms with Crippen LogP contribution in [0.5, 0.6) is 0 Å². The molecule has 3 amide bonds. The highest BCUT2D eigenvalue weighted by molar-refractivity contribution is 9.10. The molecule has 0 fully saturated rings. The Labute approximate surface area is 137 Å². The number of carbonyl (C=O) groups excluding carboxylic acids is 2. The number of primary amides is 1. The number of nitrogens with two attached hydrogens (primary N) is 1. The van der Waals surface area contributed by atoms with Crippen molar-refractivity contribution >= 4 is 62.7 Å². The average Bonchev–Trinajstić information content (AvgIpc) is 2.32. The largest absolute Gasteiger partial charge is 0.480 e. The number of urea groups is 1. The Hall–Kier alpha value is -1.51. The third kappa shape index (κ3) is 5.41. The lowest BCUT2D eigenvalue weighted by Crippen LogP contribution is -2.45. The van der Waals surface area contributed by atoms with E-state index in [0.29, 0.717) is 4.47 Å². The molecule has 21 heavy (non-hydrogen) atoms. The molecule has 5 N–H and O–H groups in total. The minimum absolute atomic E-state index is 0.113. The van der Waals surface area contributed by atoms with E-state index in [4.69, 9.17) is 34.0 Å². The highest BCUT2D eigenvalue weighted by Gasteiger charge is 2.22. The van der Waals surface area contributed by atoms with Gasteiger partial charge in [0.05, 0.1) is 22.2 Å². The summed E-state index contributed by atoms with van der Waals surface area (Å²) in [7, 11) is 0. The van der Waals surface area contributed by atoms with Crippen molar-refractivity contribution in [1.82, 2.24) is 5.32 Å². The molecule has 114 valence electrons. The van der Waals surface area contributed by atoms with Gasteiger partial charge in [-0.3, -0.25) is 4.79 Å². The lowest BCUT2D eigenvalue weighted by Gasteiger charge is -2.15. The van der Waals surface area contributed by atoms with E-state index in [1.165, 1.54) is 12.1 Å². The molecule has 0 saturated heterocycles. The number of benzene rings is 1. The van der Waals surface area contributed by atoms with Crippen molar-refractivity contribution in [2.24, 2.45) is 5.73 Å². The molecule has 10 heteroatoms. The summed E-state index contributed by atoms with van der Waals surface area (Å²) in [6.07, 6.45) is -0.537. The van der Waals surface area contributed by atoms with Gasteiger partial charge < -0.3 is 21.5 Å². The van der Waals surface area contributed by atoms with E-state index < -0.39 is 30.4 Å². The van der Waals surface area contributed by atoms with Crippen LogP contribution >= 0.6 is 39.1 Å². The van der Waals surface area contributed by atoms with Gasteiger partial charge in [-0.1, -0.05) is 39.1 Å². The van der Waals surface area contributed by atoms with Crippen LogP contribution in [0, 0.1) is 0 Å². The maximum atomic E-state index is 11.7. The van der Waals surface area contributed by atoms with Crippen LogP contribution in [0.3, 0.4) is 0 Å². The van der Waals surface area contributed by atoms with Crippen LogP contribution in [0.1, 0.15) is 6.42 Å². The first-order chi connectivity index (χ1) is 9.70. The monoisotopic (exact) mass is 397 g/mol. The lowest BCUT2D eigenvalue weighted by atomic mass is 10.2. The van der Waals surface area contributed by atoms with E-state index in [0.717, 1.165) is 0 Å². The summed E-state index contributed by atoms with van der Waals surface area (Å²) < 4.78 is 0.612. The Morgan fingerprint density at radius 3 is 2.24 bits per heavy atom. The summed E-state index contributed by atoms with van der Waals surface area (Å²) in [6, 6.07) is 0.674. The van der Waals surface area contributed by atoms with Crippen molar-refractivity contribution in [2.75, 3.05) is 5.32 Å². The first-order valence-corrected chi connectivity index (χ1v) is 6.98. The van der Waals surface area contributed by atoms with Gasteiger partial charge in [-0.2, -0.15) is 0 Å². The fourth-order valence-electron chi connectivity index (χ4n) is 1.37. The molecule has 7 nitrogen and oxygen atoms in total. The van der Waals surface area contributed by atoms with Gasteiger partial charge in [-0.25, -0.2) is 9.59 Å². The second-order valence-electron chi connectivity index (χ2n) is 3.90. The molecular weight excluding hydrogens is 389 g/mol. The third-order valence-corrected chi connectivity index (χ3v) is 3.31. The van der Waals surface area contributed by atoms with E-state index in [-0.39, 0.29) is 15.7 Å². The van der Waals surface area contributed by atoms with Crippen LogP contribution < -0.4 is 16.4 Å². The van der Waals surface area contributed by atoms with Gasteiger partial charge >= 0.3 is 12.0 Å². The zero-order valence-corrected chi connectivity index (χ0v) is 13.4. The van der Waals surface area contributed by atoms with Gasteiger partial charge in [0.25, 0.3) is 0 Å². The fourth-order valence-corrected chi connectivity index (χ4v) is 2.67. The number of aliphatic carboxylic acids is 1. The third-order valence-electron chi connectivity index (χ3n) is 2.25. The summed E-state index contributed by atoms with van der Waals surface area (Å²) in [4.78, 5) is 33.4. The molecule has 1 aromatic rings. The fraction of sp³-hybridized carbons (Fsp3) is 0.182. The predicted octanol–water partition coefficient (Wildman–Crippen LogP) is 2.21. The van der Waals surface area contributed by atoms with Crippen molar-refractivity contribution in [1.29, 1.82) is 0 Å². The predicted molar refractivity (Wildman–Crippen MR) is 81.6 cm³/mol. The Morgan fingerprint density at radius 1 is 1.29 bits per heavy atom. The maximum absolute atomic E-state index is 11.7. The molecule has 0 radical (unpaired) electrons. The van der Waals surface area contributed by atoms with Crippen molar-refractivity contribution < 1.29 is 19.5 Å². The molecule has 1 aromatic carbocycles. The summed E-state index contributed by atoms with van der Waals surface area (Å²) in [6.45, 7) is 0. The minimum atomic E-state index is -1.45. The van der Waals surface area contributed by atoms with E-state index in [2.05, 4.69) is 26.6 Å². The zero-order chi connectivity index (χ0) is 16.2. The first kappa shape index (κ1) is 17.5. The number of carboxylic acid groups (broad SMARTS) is 1. The Morgan fingerprint density at radius 2 is 1.81 bits per heavy atom. The number of hydrogen-bond acceptors (Lipinski definition) is 3. The van der Waals surface area contributed by atoms with Gasteiger partial charge in [-0.15, -0.1) is 0 Å². The minimum Gasteiger partial charge on any atom is -0.480 e. The topological polar surface area (TPSA) is 122 Å². The number of halogens is 3. The van der Waals surface area contributed by atoms with Crippen molar-refractivity contribution in [3.05, 3.63) is 26.7 Å². The van der Waals surface area contributed by atoms with Crippen molar-refractivity contribution in [3.63, 3.8) is 0 Å². The highest BCUT2D eigenvalue weighted by Crippen LogP contribution is 2.33. The van der Waals surface area contributed by atoms with Gasteiger partial charge in [0.2, 0.25) is 5.91 Å². The number of amides is 3. The molecule has 0 aliphatic heterocycles. The van der Waals surface area contributed by atoms with Crippen LogP contribution in [0.25, 0.3) is 0 Å². The highest BCUT2D eigenvalue weighted by atomic mass is 79.9. The van der Waals surface area contributed by atoms with E-state index >= 15 is 0 Å². The van der Waals surface area contributed by atoms with Crippen LogP contribution in [-0.2, 0) is 9.59 Å². The quantitative estimate of drug-likeness (QED) is 0.607. The van der Waals surface area contributed by atoms with Gasteiger partial charge in [-0.05, 0) is 12.1 Å². The Balaban J connectivity index is 2.82. The molecule has 1 atom stereocenters. The smallest absolute Gasteiger partial charge is 0.326 e. The van der Waals surface area contributed by atoms with Gasteiger partial charge in [0.1, 0.15) is 6.04 Å². The van der Waals surface area contributed by atoms with Gasteiger partial charge in [0.15, 0.2) is 0 Å². The second-order valence-corrected chi connectivity index (χ2v) is 5.63. The van der Waals surface area contributed by atoms with E-state index in [1.54, 1.807) is 0 Å². The average molecular weight is 399 g/mol. The molecule has 0 bridgehead atoms. The molecule has 0 spiro atoms. The molecule has 1 rings (SSSR count). The maximum Gasteiger partial charge on any atom is 0.326 e. The summed E-state index contributed by atoms with van der Waals surface area (Å²) in [5, 5.41) is 13.6. The van der Waals surface area contributed by atoms with Crippen LogP contribution in [0.4, 0.5) is 10.5 Å². The molecule has 1 unspecified atom stereocenters. The molecule has 0 saturated carbocycles. The molecule has 0 aliphatic rings. The van der Waals surface area contributed by atoms with E-state index in [9.17, 15) is 14.4 Å². The van der Waals surface area contributed by atoms with E-state index in [1.807, 2.05) is 0 Å². The standard InChI is InChI=1S/C11H10BrCl2N3O4/c12-4-1-5(13)9(6(14)2-4)17-11(21)16-7(10(19)20)3-8(15)18/h1-2,7H,3H2,(H2,15,18)(H,19,20)(H2,16,17,21). The SMILES string of the molecule is NC(=O)CC(NC(=O)Nc1c(Cl)cc(Br)cc1Cl)C(=O)O. The lowest BCUT2D eigenvalue weighted by molar-refractivity contribution is -0.140. The Bertz CT molecular complexity index is 574. The summed E-state index contributed by atoms with van der Waals surface area (Å²) in [5.41, 5.74) is 5.02. The first-order valence-electron chi connectivity index (χ1n) is 5.44. The number of anilines is 1. The number of rotatable bonds is 5. The number of nitrogens with one attached hydrogen (secondary N) is 2. The van der Waals surface area contributed by atoms with Crippen LogP contribution in [0.15, 0.2) is 16.6 Å². The Kier molecular flexibility index (Phi) is 6.25. The van der Waals surface area contributed by atoms with Crippen molar-refractivity contribution in [3.8, 4) is 0 Å². The molecular formula is C11H10BrCl2N3O4. The molecule has 0 aromatic heterocycles. The molecule has 0 aliphatic carbocycles. The summed E-state index contributed by atoms with van der Waals surface area (Å²) >= 11 is 15.0. The second kappa shape index (κ2) is 7.48. The summed E-state index contributed by atoms with van der Waals surface area (Å²) in [5.74, 6) is -2.25. The van der Waals surface area contributed by atoms with Crippen LogP contribution in [0.2, 0.25) is 10.0 Å².